The summed E-state index contributed by atoms with van der Waals surface area (Å²) in [5, 5.41) is 18.8. The Morgan fingerprint density at radius 2 is 2.20 bits per heavy atom. The average molecular weight is 472 g/mol. The second-order valence-corrected chi connectivity index (χ2v) is 8.56. The quantitative estimate of drug-likeness (QED) is 0.179. The number of β-lactam (4-membered cyclic amide) rings is 1. The van der Waals surface area contributed by atoms with Gasteiger partial charge in [-0.1, -0.05) is 17.8 Å². The number of carbonyl (C=O) groups excluding carboxylic acids is 3. The molecule has 1 unspecified atom stereocenters. The summed E-state index contributed by atoms with van der Waals surface area (Å²) in [6.07, 6.45) is 0. The summed E-state index contributed by atoms with van der Waals surface area (Å²) in [6.45, 7) is 1.00. The summed E-state index contributed by atoms with van der Waals surface area (Å²) in [4.78, 5) is 58.1. The van der Waals surface area contributed by atoms with E-state index >= 15 is 0 Å². The van der Waals surface area contributed by atoms with Crippen LogP contribution in [0.15, 0.2) is 21.8 Å². The van der Waals surface area contributed by atoms with E-state index in [4.69, 9.17) is 9.94 Å². The number of amides is 2. The van der Waals surface area contributed by atoms with Crippen molar-refractivity contribution in [3.8, 4) is 0 Å². The maximum absolute atomic E-state index is 12.8. The number of hydrogen-bond acceptors (Lipinski definition) is 10. The van der Waals surface area contributed by atoms with Gasteiger partial charge in [-0.15, -0.1) is 23.1 Å². The van der Waals surface area contributed by atoms with Gasteiger partial charge in [-0.05, 0) is 12.5 Å². The lowest BCUT2D eigenvalue weighted by Crippen LogP contribution is -2.70. The Kier molecular flexibility index (Phi) is 6.67. The van der Waals surface area contributed by atoms with Crippen LogP contribution < -0.4 is 10.6 Å². The Morgan fingerprint density at radius 3 is 2.80 bits per heavy atom. The van der Waals surface area contributed by atoms with Crippen LogP contribution in [0.2, 0.25) is 0 Å². The van der Waals surface area contributed by atoms with E-state index in [2.05, 4.69) is 33.4 Å². The first kappa shape index (κ1) is 22.1. The second kappa shape index (κ2) is 9.06. The minimum Gasteiger partial charge on any atom is -0.479 e. The minimum absolute atomic E-state index is 0.161. The summed E-state index contributed by atoms with van der Waals surface area (Å²) >= 11 is 6.45. The standard InChI is InChI=1S/C16H17N5O6S3/c1-6-4-29-14-10(13(25)21(14)11(6)15(26)28)19-12(24)9(20-27-3-8(22)23)7-5-30-16(17-2)18-7/h5,10,14H,3-4H2,1-2H3,(H,17,18)(H,19,24)(H,22,23)(H,26,28)/t10?,14-/m1/s1. The van der Waals surface area contributed by atoms with Gasteiger partial charge < -0.3 is 20.6 Å². The Balaban J connectivity index is 1.79. The molecule has 0 aliphatic carbocycles. The number of carboxylic acids is 1. The maximum Gasteiger partial charge on any atom is 0.344 e. The lowest BCUT2D eigenvalue weighted by molar-refractivity contribution is -0.146. The number of nitrogens with zero attached hydrogens (tertiary/aromatic N) is 3. The number of thioether (sulfide) groups is 1. The zero-order chi connectivity index (χ0) is 22.0. The SMILES string of the molecule is CNc1nc(C(=NOCC(=O)O)C(=O)NC2C(=O)N3C(C(=O)S)=C(C)CS[C@H]23)cs1. The number of nitrogens with one attached hydrogen (secondary N) is 2. The molecule has 2 atom stereocenters. The number of carboxylic acid groups (broad SMARTS) is 1. The van der Waals surface area contributed by atoms with E-state index < -0.39 is 40.9 Å². The third-order valence-corrected chi connectivity index (χ3v) is 6.66. The van der Waals surface area contributed by atoms with Gasteiger partial charge in [0.15, 0.2) is 10.8 Å². The van der Waals surface area contributed by atoms with Crippen LogP contribution in [-0.2, 0) is 24.0 Å². The van der Waals surface area contributed by atoms with Crippen molar-refractivity contribution >= 4 is 69.5 Å². The van der Waals surface area contributed by atoms with Gasteiger partial charge in [0.25, 0.3) is 11.8 Å². The monoisotopic (exact) mass is 471 g/mol. The molecule has 0 bridgehead atoms. The normalized spacial score (nSPS) is 21.0. The lowest BCUT2D eigenvalue weighted by Gasteiger charge is -2.49. The van der Waals surface area contributed by atoms with Crippen LogP contribution in [0.1, 0.15) is 12.6 Å². The van der Waals surface area contributed by atoms with Gasteiger partial charge in [0.1, 0.15) is 17.1 Å². The van der Waals surface area contributed by atoms with Crippen molar-refractivity contribution in [2.75, 3.05) is 24.7 Å². The zero-order valence-corrected chi connectivity index (χ0v) is 18.3. The molecule has 2 amide bonds. The number of rotatable bonds is 8. The van der Waals surface area contributed by atoms with Crippen molar-refractivity contribution in [1.29, 1.82) is 0 Å². The van der Waals surface area contributed by atoms with Crippen LogP contribution in [0.4, 0.5) is 5.13 Å². The van der Waals surface area contributed by atoms with Crippen molar-refractivity contribution in [2.24, 2.45) is 5.16 Å². The fourth-order valence-corrected chi connectivity index (χ4v) is 5.09. The van der Waals surface area contributed by atoms with Gasteiger partial charge in [-0.25, -0.2) is 9.78 Å². The fourth-order valence-electron chi connectivity index (χ4n) is 2.84. The Morgan fingerprint density at radius 1 is 1.47 bits per heavy atom. The van der Waals surface area contributed by atoms with Crippen LogP contribution >= 0.6 is 35.7 Å². The summed E-state index contributed by atoms with van der Waals surface area (Å²) in [6, 6.07) is -0.884. The number of aromatic nitrogens is 1. The molecular weight excluding hydrogens is 454 g/mol. The van der Waals surface area contributed by atoms with E-state index in [1.807, 2.05) is 0 Å². The van der Waals surface area contributed by atoms with Crippen molar-refractivity contribution in [1.82, 2.24) is 15.2 Å². The predicted molar refractivity (Wildman–Crippen MR) is 114 cm³/mol. The summed E-state index contributed by atoms with van der Waals surface area (Å²) in [5.41, 5.74) is 0.864. The van der Waals surface area contributed by atoms with Gasteiger partial charge >= 0.3 is 5.97 Å². The van der Waals surface area contributed by atoms with Crippen LogP contribution in [0.5, 0.6) is 0 Å². The van der Waals surface area contributed by atoms with E-state index in [9.17, 15) is 19.2 Å². The third-order valence-electron chi connectivity index (χ3n) is 4.17. The van der Waals surface area contributed by atoms with Crippen LogP contribution in [-0.4, -0.2) is 74.4 Å². The molecule has 14 heteroatoms. The molecule has 3 N–H and O–H groups in total. The molecule has 11 nitrogen and oxygen atoms in total. The molecule has 1 aromatic rings. The van der Waals surface area contributed by atoms with Gasteiger partial charge in [0, 0.05) is 18.2 Å². The smallest absolute Gasteiger partial charge is 0.344 e. The molecule has 2 aliphatic heterocycles. The fraction of sp³-hybridized carbons (Fsp3) is 0.375. The van der Waals surface area contributed by atoms with Gasteiger partial charge in [-0.3, -0.25) is 19.3 Å². The van der Waals surface area contributed by atoms with E-state index in [-0.39, 0.29) is 17.1 Å². The number of aliphatic carboxylic acids is 1. The number of hydrogen-bond donors (Lipinski definition) is 4. The number of anilines is 1. The number of thiazole rings is 1. The highest BCUT2D eigenvalue weighted by atomic mass is 32.2. The second-order valence-electron chi connectivity index (χ2n) is 6.19. The molecule has 160 valence electrons. The highest BCUT2D eigenvalue weighted by Crippen LogP contribution is 2.40. The van der Waals surface area contributed by atoms with Crippen molar-refractivity contribution in [3.05, 3.63) is 22.3 Å². The first-order chi connectivity index (χ1) is 14.2. The first-order valence-electron chi connectivity index (χ1n) is 8.48. The number of thiol groups is 1. The number of carbonyl (C=O) groups is 4. The van der Waals surface area contributed by atoms with Gasteiger partial charge in [0.2, 0.25) is 11.7 Å². The van der Waals surface area contributed by atoms with Gasteiger partial charge in [0.05, 0.1) is 5.70 Å². The largest absolute Gasteiger partial charge is 0.479 e. The summed E-state index contributed by atoms with van der Waals surface area (Å²) in [5.74, 6) is -1.94. The van der Waals surface area contributed by atoms with Crippen LogP contribution in [0.3, 0.4) is 0 Å². The molecular formula is C16H17N5O6S3. The molecule has 3 heterocycles. The predicted octanol–water partition coefficient (Wildman–Crippen LogP) is 0.120. The molecule has 1 fully saturated rings. The maximum atomic E-state index is 12.8. The van der Waals surface area contributed by atoms with E-state index in [0.29, 0.717) is 10.9 Å². The summed E-state index contributed by atoms with van der Waals surface area (Å²) < 4.78 is 0. The molecule has 30 heavy (non-hydrogen) atoms. The van der Waals surface area contributed by atoms with E-state index in [1.54, 1.807) is 19.4 Å². The van der Waals surface area contributed by atoms with E-state index in [1.165, 1.54) is 28.0 Å². The van der Waals surface area contributed by atoms with E-state index in [0.717, 1.165) is 5.57 Å². The van der Waals surface area contributed by atoms with Crippen LogP contribution in [0.25, 0.3) is 0 Å². The minimum atomic E-state index is -1.26. The summed E-state index contributed by atoms with van der Waals surface area (Å²) in [7, 11) is 1.65. The van der Waals surface area contributed by atoms with Crippen molar-refractivity contribution in [3.63, 3.8) is 0 Å². The van der Waals surface area contributed by atoms with Crippen LogP contribution in [0, 0.1) is 0 Å². The molecule has 1 saturated heterocycles. The Labute approximate surface area is 184 Å². The Bertz CT molecular complexity index is 974. The molecule has 0 saturated carbocycles. The average Bonchev–Trinajstić information content (AvgIpc) is 3.17. The molecule has 2 aliphatic rings. The Hall–Kier alpha value is -2.58. The zero-order valence-electron chi connectivity index (χ0n) is 15.7. The molecule has 0 spiro atoms. The molecule has 1 aromatic heterocycles. The topological polar surface area (TPSA) is 150 Å². The highest BCUT2D eigenvalue weighted by Gasteiger charge is 2.53. The molecule has 3 rings (SSSR count). The van der Waals surface area contributed by atoms with Gasteiger partial charge in [-0.2, -0.15) is 0 Å². The number of oxime groups is 1. The first-order valence-corrected chi connectivity index (χ1v) is 10.9. The third kappa shape index (κ3) is 4.29. The lowest BCUT2D eigenvalue weighted by atomic mass is 10.0. The molecule has 0 aromatic carbocycles. The highest BCUT2D eigenvalue weighted by molar-refractivity contribution is 8.00. The molecule has 0 radical (unpaired) electrons. The van der Waals surface area contributed by atoms with Crippen molar-refractivity contribution < 1.29 is 29.1 Å². The number of fused-ring (bicyclic) bond motifs is 1. The van der Waals surface area contributed by atoms with Crippen molar-refractivity contribution in [2.45, 2.75) is 18.3 Å².